The van der Waals surface area contributed by atoms with Gasteiger partial charge in [-0.1, -0.05) is 18.2 Å². The topological polar surface area (TPSA) is 121 Å². The second-order valence-electron chi connectivity index (χ2n) is 7.63. The number of rotatable bonds is 7. The van der Waals surface area contributed by atoms with Crippen molar-refractivity contribution >= 4 is 39.7 Å². The molecule has 0 fully saturated rings. The van der Waals surface area contributed by atoms with E-state index < -0.39 is 16.9 Å². The molecule has 2 amide bonds. The fourth-order valence-electron chi connectivity index (χ4n) is 3.83. The third-order valence-electron chi connectivity index (χ3n) is 5.39. The molecule has 1 aromatic carbocycles. The number of nitrogens with one attached hydrogen (secondary N) is 2. The summed E-state index contributed by atoms with van der Waals surface area (Å²) in [5, 5.41) is 3.74. The summed E-state index contributed by atoms with van der Waals surface area (Å²) in [6.07, 6.45) is 3.93. The number of fused-ring (bicyclic) bond motifs is 1. The van der Waals surface area contributed by atoms with Gasteiger partial charge >= 0.3 is 0 Å². The minimum atomic E-state index is -2.89. The molecule has 11 heteroatoms. The van der Waals surface area contributed by atoms with Crippen LogP contribution in [0.5, 0.6) is 0 Å². The average molecular weight is 486 g/mol. The van der Waals surface area contributed by atoms with Crippen LogP contribution in [0.25, 0.3) is 0 Å². The maximum absolute atomic E-state index is 12.4. The van der Waals surface area contributed by atoms with Gasteiger partial charge in [-0.25, -0.2) is 18.1 Å². The number of benzene rings is 1. The minimum absolute atomic E-state index is 0.0256. The highest BCUT2D eigenvalue weighted by Crippen LogP contribution is 2.32. The molecule has 0 radical (unpaired) electrons. The standard InChI is InChI=1S/C22H23N5O4S2/c1-13-23-11-18(32-13)12-25-22(29)19-5-3-17(10-24-19)21(26-33(30)31)16-4-6-20-15(9-16)7-8-27(20)14(2)28/h3-6,9-11,21,33H,7-8,12H2,1-2H3,(H,25,29)(H,26,30,31). The van der Waals surface area contributed by atoms with E-state index in [9.17, 15) is 18.0 Å². The van der Waals surface area contributed by atoms with Gasteiger partial charge in [-0.3, -0.25) is 14.6 Å². The monoisotopic (exact) mass is 485 g/mol. The van der Waals surface area contributed by atoms with Gasteiger partial charge in [0, 0.05) is 36.4 Å². The highest BCUT2D eigenvalue weighted by molar-refractivity contribution is 7.70. The second kappa shape index (κ2) is 9.77. The van der Waals surface area contributed by atoms with Crippen molar-refractivity contribution in [1.82, 2.24) is 20.0 Å². The van der Waals surface area contributed by atoms with Crippen molar-refractivity contribution < 1.29 is 18.0 Å². The largest absolute Gasteiger partial charge is 0.346 e. The summed E-state index contributed by atoms with van der Waals surface area (Å²) in [4.78, 5) is 35.3. The van der Waals surface area contributed by atoms with E-state index in [2.05, 4.69) is 20.0 Å². The number of amides is 2. The van der Waals surface area contributed by atoms with Gasteiger partial charge in [0.05, 0.1) is 17.6 Å². The quantitative estimate of drug-likeness (QED) is 0.440. The molecule has 172 valence electrons. The van der Waals surface area contributed by atoms with E-state index >= 15 is 0 Å². The molecule has 2 aromatic heterocycles. The first-order valence-electron chi connectivity index (χ1n) is 10.3. The van der Waals surface area contributed by atoms with E-state index in [4.69, 9.17) is 0 Å². The van der Waals surface area contributed by atoms with Gasteiger partial charge < -0.3 is 10.2 Å². The molecule has 33 heavy (non-hydrogen) atoms. The number of hydrogen-bond donors (Lipinski definition) is 3. The van der Waals surface area contributed by atoms with Gasteiger partial charge in [0.25, 0.3) is 5.91 Å². The Morgan fingerprint density at radius 3 is 2.58 bits per heavy atom. The number of carbonyl (C=O) groups excluding carboxylic acids is 2. The van der Waals surface area contributed by atoms with Crippen LogP contribution in [0.15, 0.2) is 42.7 Å². The number of thiol groups is 1. The van der Waals surface area contributed by atoms with Crippen LogP contribution in [-0.2, 0) is 28.7 Å². The lowest BCUT2D eigenvalue weighted by molar-refractivity contribution is -0.116. The SMILES string of the molecule is CC(=O)N1CCc2cc(C(N[SH](=O)=O)c3ccc(C(=O)NCc4cnc(C)s4)nc3)ccc21. The van der Waals surface area contributed by atoms with Crippen molar-refractivity contribution in [2.75, 3.05) is 11.4 Å². The van der Waals surface area contributed by atoms with Crippen LogP contribution in [0.4, 0.5) is 5.69 Å². The maximum atomic E-state index is 12.4. The van der Waals surface area contributed by atoms with E-state index in [0.717, 1.165) is 26.7 Å². The van der Waals surface area contributed by atoms with Gasteiger partial charge in [0.15, 0.2) is 0 Å². The summed E-state index contributed by atoms with van der Waals surface area (Å²) < 4.78 is 25.6. The van der Waals surface area contributed by atoms with Crippen LogP contribution in [-0.4, -0.2) is 36.7 Å². The van der Waals surface area contributed by atoms with Gasteiger partial charge in [-0.15, -0.1) is 11.3 Å². The molecule has 1 atom stereocenters. The zero-order chi connectivity index (χ0) is 23.5. The molecule has 1 aliphatic rings. The van der Waals surface area contributed by atoms with Gasteiger partial charge in [-0.2, -0.15) is 0 Å². The van der Waals surface area contributed by atoms with Crippen molar-refractivity contribution in [2.24, 2.45) is 0 Å². The molecular weight excluding hydrogens is 462 g/mol. The Kier molecular flexibility index (Phi) is 6.82. The Hall–Kier alpha value is -3.15. The lowest BCUT2D eigenvalue weighted by atomic mass is 9.98. The van der Waals surface area contributed by atoms with E-state index in [0.29, 0.717) is 25.1 Å². The molecule has 3 heterocycles. The van der Waals surface area contributed by atoms with Crippen LogP contribution >= 0.6 is 11.3 Å². The van der Waals surface area contributed by atoms with Gasteiger partial charge in [0.1, 0.15) is 5.69 Å². The minimum Gasteiger partial charge on any atom is -0.346 e. The fraction of sp³-hybridized carbons (Fsp3) is 0.273. The molecule has 9 nitrogen and oxygen atoms in total. The number of nitrogens with zero attached hydrogens (tertiary/aromatic N) is 3. The maximum Gasteiger partial charge on any atom is 0.270 e. The summed E-state index contributed by atoms with van der Waals surface area (Å²) >= 11 is 1.51. The van der Waals surface area contributed by atoms with Crippen LogP contribution in [0.3, 0.4) is 0 Å². The Morgan fingerprint density at radius 1 is 1.15 bits per heavy atom. The lowest BCUT2D eigenvalue weighted by Gasteiger charge is -2.19. The number of carbonyl (C=O) groups is 2. The number of anilines is 1. The first-order valence-corrected chi connectivity index (χ1v) is 12.3. The van der Waals surface area contributed by atoms with Crippen molar-refractivity contribution in [3.8, 4) is 0 Å². The highest BCUT2D eigenvalue weighted by Gasteiger charge is 2.24. The molecule has 2 N–H and O–H groups in total. The van der Waals surface area contributed by atoms with E-state index in [1.165, 1.54) is 24.5 Å². The Labute approximate surface area is 197 Å². The molecule has 1 unspecified atom stereocenters. The Balaban J connectivity index is 1.53. The smallest absolute Gasteiger partial charge is 0.270 e. The summed E-state index contributed by atoms with van der Waals surface area (Å²) in [6.45, 7) is 4.39. The van der Waals surface area contributed by atoms with E-state index in [-0.39, 0.29) is 17.5 Å². The van der Waals surface area contributed by atoms with Crippen molar-refractivity contribution in [3.05, 3.63) is 75.0 Å². The number of aromatic nitrogens is 2. The number of pyridine rings is 1. The molecule has 4 rings (SSSR count). The van der Waals surface area contributed by atoms with E-state index in [1.54, 1.807) is 29.3 Å². The second-order valence-corrected chi connectivity index (χ2v) is 9.72. The molecule has 3 aromatic rings. The fourth-order valence-corrected chi connectivity index (χ4v) is 5.07. The molecule has 0 saturated heterocycles. The van der Waals surface area contributed by atoms with Crippen LogP contribution in [0.1, 0.15) is 50.0 Å². The normalized spacial score (nSPS) is 13.7. The lowest BCUT2D eigenvalue weighted by Crippen LogP contribution is -2.26. The number of hydrogen-bond acceptors (Lipinski definition) is 7. The van der Waals surface area contributed by atoms with Crippen LogP contribution < -0.4 is 14.9 Å². The number of aryl methyl sites for hydroxylation is 1. The van der Waals surface area contributed by atoms with E-state index in [1.807, 2.05) is 19.1 Å². The highest BCUT2D eigenvalue weighted by atomic mass is 32.2. The molecule has 0 saturated carbocycles. The third-order valence-corrected chi connectivity index (χ3v) is 6.77. The average Bonchev–Trinajstić information content (AvgIpc) is 3.41. The Bertz CT molecular complexity index is 1260. The van der Waals surface area contributed by atoms with Crippen molar-refractivity contribution in [2.45, 2.75) is 32.9 Å². The molecule has 0 spiro atoms. The first kappa shape index (κ1) is 23.0. The van der Waals surface area contributed by atoms with Crippen LogP contribution in [0.2, 0.25) is 0 Å². The molecule has 0 aliphatic carbocycles. The Morgan fingerprint density at radius 2 is 1.94 bits per heavy atom. The summed E-state index contributed by atoms with van der Waals surface area (Å²) in [5.41, 5.74) is 3.40. The van der Waals surface area contributed by atoms with Crippen molar-refractivity contribution in [1.29, 1.82) is 0 Å². The zero-order valence-electron chi connectivity index (χ0n) is 18.1. The molecule has 1 aliphatic heterocycles. The van der Waals surface area contributed by atoms with Crippen LogP contribution in [0, 0.1) is 6.92 Å². The molecule has 0 bridgehead atoms. The third kappa shape index (κ3) is 5.27. The van der Waals surface area contributed by atoms with Gasteiger partial charge in [-0.05, 0) is 42.2 Å². The zero-order valence-corrected chi connectivity index (χ0v) is 19.8. The molecular formula is C22H23N5O4S2. The summed E-state index contributed by atoms with van der Waals surface area (Å²) in [5.74, 6) is -0.351. The van der Waals surface area contributed by atoms with Gasteiger partial charge in [0.2, 0.25) is 16.8 Å². The predicted molar refractivity (Wildman–Crippen MR) is 126 cm³/mol. The summed E-state index contributed by atoms with van der Waals surface area (Å²) in [6, 6.07) is 8.14. The predicted octanol–water partition coefficient (Wildman–Crippen LogP) is 1.89. The summed E-state index contributed by atoms with van der Waals surface area (Å²) in [7, 11) is -2.89. The number of thiazole rings is 1. The first-order chi connectivity index (χ1) is 15.8. The van der Waals surface area contributed by atoms with Crippen molar-refractivity contribution in [3.63, 3.8) is 0 Å².